The molecule has 0 aliphatic heterocycles. The molecule has 0 heterocycles. The Labute approximate surface area is 113 Å². The van der Waals surface area contributed by atoms with Gasteiger partial charge in [-0.1, -0.05) is 50.4 Å². The number of anilines is 1. The van der Waals surface area contributed by atoms with Crippen molar-refractivity contribution in [3.8, 4) is 11.8 Å². The molecule has 1 rings (SSSR count). The summed E-state index contributed by atoms with van der Waals surface area (Å²) in [5.41, 5.74) is 8.71. The van der Waals surface area contributed by atoms with Gasteiger partial charge >= 0.3 is 0 Å². The Balaban J connectivity index is 2.91. The second-order valence-corrected chi connectivity index (χ2v) is 6.29. The number of hydrogen-bond donors (Lipinski definition) is 1. The highest BCUT2D eigenvalue weighted by Gasteiger charge is 2.14. The number of hydrogen-bond acceptors (Lipinski definition) is 3. The van der Waals surface area contributed by atoms with E-state index >= 15 is 0 Å². The lowest BCUT2D eigenvalue weighted by molar-refractivity contribution is -0.109. The summed E-state index contributed by atoms with van der Waals surface area (Å²) in [7, 11) is 0. The van der Waals surface area contributed by atoms with E-state index in [0.717, 1.165) is 5.56 Å². The third kappa shape index (κ3) is 4.46. The Morgan fingerprint density at radius 1 is 1.39 bits per heavy atom. The predicted octanol–water partition coefficient (Wildman–Crippen LogP) is 3.20. The van der Waals surface area contributed by atoms with Crippen molar-refractivity contribution in [3.63, 3.8) is 0 Å². The first-order valence-electron chi connectivity index (χ1n) is 5.83. The van der Waals surface area contributed by atoms with Crippen LogP contribution in [0.15, 0.2) is 18.2 Å². The van der Waals surface area contributed by atoms with Gasteiger partial charge in [0.15, 0.2) is 5.12 Å². The average Bonchev–Trinajstić information content (AvgIpc) is 2.24. The molecule has 0 spiro atoms. The molecule has 0 amide bonds. The van der Waals surface area contributed by atoms with E-state index in [0.29, 0.717) is 11.4 Å². The van der Waals surface area contributed by atoms with Crippen LogP contribution in [-0.4, -0.2) is 10.9 Å². The van der Waals surface area contributed by atoms with Crippen molar-refractivity contribution >= 4 is 22.6 Å². The minimum Gasteiger partial charge on any atom is -0.398 e. The molecule has 0 aromatic heterocycles. The van der Waals surface area contributed by atoms with E-state index in [1.807, 2.05) is 18.2 Å². The van der Waals surface area contributed by atoms with E-state index in [1.165, 1.54) is 17.3 Å². The molecule has 0 atom stereocenters. The summed E-state index contributed by atoms with van der Waals surface area (Å²) in [6, 6.07) is 5.95. The maximum atomic E-state index is 10.8. The highest BCUT2D eigenvalue weighted by molar-refractivity contribution is 8.13. The molecule has 2 nitrogen and oxygen atoms in total. The zero-order valence-electron chi connectivity index (χ0n) is 11.3. The first-order valence-corrected chi connectivity index (χ1v) is 6.81. The molecule has 2 N–H and O–H groups in total. The summed E-state index contributed by atoms with van der Waals surface area (Å²) >= 11 is 1.21. The zero-order chi connectivity index (χ0) is 13.8. The van der Waals surface area contributed by atoms with Crippen LogP contribution in [0.3, 0.4) is 0 Å². The van der Waals surface area contributed by atoms with Crippen LogP contribution in [0.1, 0.15) is 38.8 Å². The number of nitrogens with two attached hydrogens (primary N) is 1. The van der Waals surface area contributed by atoms with Gasteiger partial charge in [-0.25, -0.2) is 0 Å². The van der Waals surface area contributed by atoms with E-state index in [1.54, 1.807) is 6.92 Å². The highest BCUT2D eigenvalue weighted by atomic mass is 32.2. The quantitative estimate of drug-likeness (QED) is 0.623. The molecule has 0 radical (unpaired) electrons. The van der Waals surface area contributed by atoms with Gasteiger partial charge in [0, 0.05) is 18.2 Å². The van der Waals surface area contributed by atoms with Crippen molar-refractivity contribution in [1.82, 2.24) is 0 Å². The number of carbonyl (C=O) groups is 1. The Bertz CT molecular complexity index is 503. The predicted molar refractivity (Wildman–Crippen MR) is 79.6 cm³/mol. The maximum Gasteiger partial charge on any atom is 0.186 e. The standard InChI is InChI=1S/C15H19NOS/c1-11(17)18-9-5-6-12-10-13(15(2,3)4)7-8-14(12)16/h7-8,10H,9,16H2,1-4H3. The summed E-state index contributed by atoms with van der Waals surface area (Å²) < 4.78 is 0. The second-order valence-electron chi connectivity index (χ2n) is 5.13. The maximum absolute atomic E-state index is 10.8. The van der Waals surface area contributed by atoms with Crippen LogP contribution < -0.4 is 5.73 Å². The molecule has 0 aliphatic rings. The van der Waals surface area contributed by atoms with Crippen LogP contribution in [0.2, 0.25) is 0 Å². The van der Waals surface area contributed by atoms with Crippen LogP contribution in [0.4, 0.5) is 5.69 Å². The fraction of sp³-hybridized carbons (Fsp3) is 0.400. The normalized spacial score (nSPS) is 10.7. The highest BCUT2D eigenvalue weighted by Crippen LogP contribution is 2.25. The Morgan fingerprint density at radius 2 is 2.06 bits per heavy atom. The van der Waals surface area contributed by atoms with Crippen molar-refractivity contribution in [3.05, 3.63) is 29.3 Å². The molecule has 0 unspecified atom stereocenters. The number of thioether (sulfide) groups is 1. The first-order chi connectivity index (χ1) is 8.30. The third-order valence-electron chi connectivity index (χ3n) is 2.49. The molecule has 0 saturated carbocycles. The molecule has 3 heteroatoms. The Morgan fingerprint density at radius 3 is 2.61 bits per heavy atom. The largest absolute Gasteiger partial charge is 0.398 e. The lowest BCUT2D eigenvalue weighted by Gasteiger charge is -2.19. The van der Waals surface area contributed by atoms with Gasteiger partial charge < -0.3 is 5.73 Å². The van der Waals surface area contributed by atoms with Crippen LogP contribution in [0.5, 0.6) is 0 Å². The topological polar surface area (TPSA) is 43.1 Å². The van der Waals surface area contributed by atoms with Gasteiger partial charge in [-0.2, -0.15) is 0 Å². The van der Waals surface area contributed by atoms with Crippen molar-refractivity contribution in [1.29, 1.82) is 0 Å². The molecule has 0 aliphatic carbocycles. The number of rotatable bonds is 1. The molecular formula is C15H19NOS. The third-order valence-corrected chi connectivity index (χ3v) is 3.19. The van der Waals surface area contributed by atoms with Gasteiger partial charge in [-0.05, 0) is 23.1 Å². The van der Waals surface area contributed by atoms with E-state index < -0.39 is 0 Å². The van der Waals surface area contributed by atoms with Crippen molar-refractivity contribution < 1.29 is 4.79 Å². The SMILES string of the molecule is CC(=O)SCC#Cc1cc(C(C)(C)C)ccc1N. The molecule has 0 fully saturated rings. The van der Waals surface area contributed by atoms with E-state index in [-0.39, 0.29) is 10.5 Å². The van der Waals surface area contributed by atoms with E-state index in [2.05, 4.69) is 32.6 Å². The monoisotopic (exact) mass is 261 g/mol. The van der Waals surface area contributed by atoms with Gasteiger partial charge in [0.05, 0.1) is 5.75 Å². The molecule has 0 saturated heterocycles. The second kappa shape index (κ2) is 5.97. The minimum atomic E-state index is 0.0816. The van der Waals surface area contributed by atoms with Crippen molar-refractivity contribution in [2.24, 2.45) is 0 Å². The number of nitrogen functional groups attached to an aromatic ring is 1. The lowest BCUT2D eigenvalue weighted by Crippen LogP contribution is -2.11. The Kier molecular flexibility index (Phi) is 4.86. The van der Waals surface area contributed by atoms with Gasteiger partial charge in [-0.3, -0.25) is 4.79 Å². The first kappa shape index (κ1) is 14.7. The summed E-state index contributed by atoms with van der Waals surface area (Å²) in [6.07, 6.45) is 0. The van der Waals surface area contributed by atoms with E-state index in [4.69, 9.17) is 5.73 Å². The van der Waals surface area contributed by atoms with Crippen LogP contribution >= 0.6 is 11.8 Å². The molecule has 96 valence electrons. The lowest BCUT2D eigenvalue weighted by atomic mass is 9.86. The summed E-state index contributed by atoms with van der Waals surface area (Å²) in [6.45, 7) is 8.00. The number of carbonyl (C=O) groups excluding carboxylic acids is 1. The van der Waals surface area contributed by atoms with Gasteiger partial charge in [-0.15, -0.1) is 0 Å². The van der Waals surface area contributed by atoms with Gasteiger partial charge in [0.2, 0.25) is 0 Å². The molecule has 1 aromatic rings. The fourth-order valence-corrected chi connectivity index (χ4v) is 1.75. The van der Waals surface area contributed by atoms with Crippen LogP contribution in [0, 0.1) is 11.8 Å². The average molecular weight is 261 g/mol. The molecule has 1 aromatic carbocycles. The smallest absolute Gasteiger partial charge is 0.186 e. The Hall–Kier alpha value is -1.40. The van der Waals surface area contributed by atoms with E-state index in [9.17, 15) is 4.79 Å². The summed E-state index contributed by atoms with van der Waals surface area (Å²) in [4.78, 5) is 10.8. The summed E-state index contributed by atoms with van der Waals surface area (Å²) in [5, 5.41) is 0.0840. The van der Waals surface area contributed by atoms with Crippen molar-refractivity contribution in [2.75, 3.05) is 11.5 Å². The number of benzene rings is 1. The van der Waals surface area contributed by atoms with Gasteiger partial charge in [0.1, 0.15) is 0 Å². The molecule has 18 heavy (non-hydrogen) atoms. The molecule has 0 bridgehead atoms. The summed E-state index contributed by atoms with van der Waals surface area (Å²) in [5.74, 6) is 6.51. The fourth-order valence-electron chi connectivity index (χ4n) is 1.40. The zero-order valence-corrected chi connectivity index (χ0v) is 12.1. The van der Waals surface area contributed by atoms with Gasteiger partial charge in [0.25, 0.3) is 0 Å². The van der Waals surface area contributed by atoms with Crippen LogP contribution in [0.25, 0.3) is 0 Å². The van der Waals surface area contributed by atoms with Crippen LogP contribution in [-0.2, 0) is 10.2 Å². The van der Waals surface area contributed by atoms with Crippen molar-refractivity contribution in [2.45, 2.75) is 33.1 Å². The molecular weight excluding hydrogens is 242 g/mol. The minimum absolute atomic E-state index is 0.0816.